The maximum atomic E-state index is 12.3. The Bertz CT molecular complexity index is 945. The zero-order chi connectivity index (χ0) is 20.6. The zero-order valence-electron chi connectivity index (χ0n) is 18.4. The summed E-state index contributed by atoms with van der Waals surface area (Å²) in [5, 5.41) is 0. The van der Waals surface area contributed by atoms with Gasteiger partial charge in [0.05, 0.1) is 0 Å². The van der Waals surface area contributed by atoms with Crippen LogP contribution in [0.2, 0.25) is 0 Å². The molecule has 0 aromatic carbocycles. The SMILES string of the molecule is C=CC1(C)CCC2C3C(=CCC21C)C1(C)CCC(=O)C=C1CC3c1ccc(C)o1. The summed E-state index contributed by atoms with van der Waals surface area (Å²) >= 11 is 0. The Morgan fingerprint density at radius 2 is 2.00 bits per heavy atom. The minimum absolute atomic E-state index is 0.0468. The third kappa shape index (κ3) is 2.44. The number of aryl methyl sites for hydroxylation is 1. The Hall–Kier alpha value is -1.83. The van der Waals surface area contributed by atoms with Crippen molar-refractivity contribution in [1.29, 1.82) is 0 Å². The molecule has 1 aromatic heterocycles. The molecule has 2 fully saturated rings. The second-order valence-electron chi connectivity index (χ2n) is 10.8. The molecule has 154 valence electrons. The molecule has 0 amide bonds. The van der Waals surface area contributed by atoms with Crippen molar-refractivity contribution < 1.29 is 9.21 Å². The quantitative estimate of drug-likeness (QED) is 0.513. The van der Waals surface area contributed by atoms with E-state index in [1.165, 1.54) is 18.4 Å². The van der Waals surface area contributed by atoms with E-state index in [2.05, 4.69) is 51.6 Å². The van der Waals surface area contributed by atoms with Crippen molar-refractivity contribution in [3.8, 4) is 0 Å². The van der Waals surface area contributed by atoms with Crippen LogP contribution in [0.4, 0.5) is 0 Å². The van der Waals surface area contributed by atoms with Crippen LogP contribution in [0, 0.1) is 35.0 Å². The molecule has 6 unspecified atom stereocenters. The lowest BCUT2D eigenvalue weighted by atomic mass is 9.47. The summed E-state index contributed by atoms with van der Waals surface area (Å²) in [4.78, 5) is 12.3. The highest BCUT2D eigenvalue weighted by atomic mass is 16.3. The summed E-state index contributed by atoms with van der Waals surface area (Å²) in [6.07, 6.45) is 13.0. The first kappa shape index (κ1) is 19.2. The summed E-state index contributed by atoms with van der Waals surface area (Å²) in [5.74, 6) is 3.85. The maximum absolute atomic E-state index is 12.3. The predicted octanol–water partition coefficient (Wildman–Crippen LogP) is 6.93. The van der Waals surface area contributed by atoms with Crippen molar-refractivity contribution >= 4 is 5.78 Å². The number of carbonyl (C=O) groups is 1. The van der Waals surface area contributed by atoms with Crippen LogP contribution in [0.15, 0.2) is 52.5 Å². The summed E-state index contributed by atoms with van der Waals surface area (Å²) in [5.41, 5.74) is 3.40. The van der Waals surface area contributed by atoms with Gasteiger partial charge in [0.2, 0.25) is 0 Å². The summed E-state index contributed by atoms with van der Waals surface area (Å²) < 4.78 is 6.21. The Kier molecular flexibility index (Phi) is 4.02. The molecule has 2 heteroatoms. The fraction of sp³-hybridized carbons (Fsp3) is 0.593. The number of ketones is 1. The summed E-state index contributed by atoms with van der Waals surface area (Å²) in [6, 6.07) is 4.27. The summed E-state index contributed by atoms with van der Waals surface area (Å²) in [7, 11) is 0. The van der Waals surface area contributed by atoms with Crippen LogP contribution in [-0.4, -0.2) is 5.78 Å². The van der Waals surface area contributed by atoms with E-state index in [1.807, 2.05) is 13.0 Å². The van der Waals surface area contributed by atoms with Gasteiger partial charge >= 0.3 is 0 Å². The highest BCUT2D eigenvalue weighted by Crippen LogP contribution is 2.70. The molecular weight excluding hydrogens is 356 g/mol. The van der Waals surface area contributed by atoms with Gasteiger partial charge in [-0.3, -0.25) is 4.79 Å². The molecule has 0 radical (unpaired) electrons. The van der Waals surface area contributed by atoms with E-state index in [0.717, 1.165) is 30.8 Å². The average molecular weight is 391 g/mol. The first-order valence-corrected chi connectivity index (χ1v) is 11.4. The number of furan rings is 1. The number of carbonyl (C=O) groups excluding carboxylic acids is 1. The second-order valence-corrected chi connectivity index (χ2v) is 10.8. The monoisotopic (exact) mass is 390 g/mol. The van der Waals surface area contributed by atoms with E-state index in [4.69, 9.17) is 4.42 Å². The van der Waals surface area contributed by atoms with Gasteiger partial charge in [-0.1, -0.05) is 44.1 Å². The third-order valence-electron chi connectivity index (χ3n) is 9.64. The van der Waals surface area contributed by atoms with Crippen molar-refractivity contribution in [1.82, 2.24) is 0 Å². The fourth-order valence-electron chi connectivity index (χ4n) is 7.41. The molecule has 6 atom stereocenters. The Balaban J connectivity index is 1.69. The van der Waals surface area contributed by atoms with Crippen LogP contribution in [-0.2, 0) is 4.79 Å². The lowest BCUT2D eigenvalue weighted by Gasteiger charge is -2.57. The molecule has 1 heterocycles. The molecule has 0 aliphatic heterocycles. The molecule has 5 rings (SSSR count). The van der Waals surface area contributed by atoms with E-state index < -0.39 is 0 Å². The van der Waals surface area contributed by atoms with Gasteiger partial charge in [0, 0.05) is 17.8 Å². The van der Waals surface area contributed by atoms with Crippen LogP contribution in [0.25, 0.3) is 0 Å². The lowest BCUT2D eigenvalue weighted by Crippen LogP contribution is -2.48. The van der Waals surface area contributed by atoms with Crippen molar-refractivity contribution in [3.63, 3.8) is 0 Å². The van der Waals surface area contributed by atoms with Gasteiger partial charge in [0.25, 0.3) is 0 Å². The van der Waals surface area contributed by atoms with Gasteiger partial charge in [0.15, 0.2) is 5.78 Å². The predicted molar refractivity (Wildman–Crippen MR) is 117 cm³/mol. The highest BCUT2D eigenvalue weighted by Gasteiger charge is 2.61. The Labute approximate surface area is 175 Å². The molecule has 1 aromatic rings. The van der Waals surface area contributed by atoms with Crippen molar-refractivity contribution in [2.45, 2.75) is 72.1 Å². The van der Waals surface area contributed by atoms with Gasteiger partial charge < -0.3 is 4.42 Å². The van der Waals surface area contributed by atoms with Crippen LogP contribution in [0.3, 0.4) is 0 Å². The topological polar surface area (TPSA) is 30.2 Å². The fourth-order valence-corrected chi connectivity index (χ4v) is 7.41. The molecule has 4 aliphatic rings. The van der Waals surface area contributed by atoms with E-state index in [9.17, 15) is 4.79 Å². The third-order valence-corrected chi connectivity index (χ3v) is 9.64. The van der Waals surface area contributed by atoms with E-state index in [1.54, 1.807) is 5.57 Å². The van der Waals surface area contributed by atoms with E-state index in [0.29, 0.717) is 30.0 Å². The number of allylic oxidation sites excluding steroid dienone is 5. The molecule has 4 aliphatic carbocycles. The number of fused-ring (bicyclic) bond motifs is 5. The molecule has 2 nitrogen and oxygen atoms in total. The van der Waals surface area contributed by atoms with Gasteiger partial charge in [-0.15, -0.1) is 6.58 Å². The molecule has 2 saturated carbocycles. The van der Waals surface area contributed by atoms with Gasteiger partial charge in [0.1, 0.15) is 11.5 Å². The first-order valence-electron chi connectivity index (χ1n) is 11.4. The highest BCUT2D eigenvalue weighted by molar-refractivity contribution is 5.92. The molecule has 0 saturated heterocycles. The Morgan fingerprint density at radius 1 is 1.21 bits per heavy atom. The van der Waals surface area contributed by atoms with Crippen molar-refractivity contribution in [2.75, 3.05) is 0 Å². The lowest BCUT2D eigenvalue weighted by molar-refractivity contribution is -0.115. The smallest absolute Gasteiger partial charge is 0.155 e. The standard InChI is InChI=1S/C27H34O2/c1-6-25(3)12-10-22-24-20(23-8-7-17(2)29-23)16-18-15-19(28)9-13-26(18,4)21(24)11-14-27(22,25)5/h6-8,11,15,20,22,24H,1,9-10,12-14,16H2,2-5H3. The van der Waals surface area contributed by atoms with Gasteiger partial charge in [-0.2, -0.15) is 0 Å². The zero-order valence-corrected chi connectivity index (χ0v) is 18.4. The van der Waals surface area contributed by atoms with Crippen LogP contribution < -0.4 is 0 Å². The largest absolute Gasteiger partial charge is 0.466 e. The minimum Gasteiger partial charge on any atom is -0.466 e. The minimum atomic E-state index is 0.0468. The number of hydrogen-bond acceptors (Lipinski definition) is 2. The average Bonchev–Trinajstić information content (AvgIpc) is 3.23. The molecule has 0 bridgehead atoms. The van der Waals surface area contributed by atoms with E-state index in [-0.39, 0.29) is 16.2 Å². The van der Waals surface area contributed by atoms with Crippen LogP contribution in [0.5, 0.6) is 0 Å². The van der Waals surface area contributed by atoms with E-state index >= 15 is 0 Å². The summed E-state index contributed by atoms with van der Waals surface area (Å²) in [6.45, 7) is 13.6. The van der Waals surface area contributed by atoms with Crippen LogP contribution >= 0.6 is 0 Å². The second kappa shape index (κ2) is 6.09. The molecular formula is C27H34O2. The van der Waals surface area contributed by atoms with Crippen LogP contribution in [0.1, 0.15) is 76.7 Å². The number of rotatable bonds is 2. The Morgan fingerprint density at radius 3 is 2.69 bits per heavy atom. The van der Waals surface area contributed by atoms with Crippen molar-refractivity contribution in [3.05, 3.63) is 59.6 Å². The molecule has 29 heavy (non-hydrogen) atoms. The van der Waals surface area contributed by atoms with Gasteiger partial charge in [-0.05, 0) is 79.9 Å². The molecule has 0 spiro atoms. The van der Waals surface area contributed by atoms with Crippen molar-refractivity contribution in [2.24, 2.45) is 28.1 Å². The number of hydrogen-bond donors (Lipinski definition) is 0. The maximum Gasteiger partial charge on any atom is 0.155 e. The normalized spacial score (nSPS) is 43.7. The van der Waals surface area contributed by atoms with Gasteiger partial charge in [-0.25, -0.2) is 0 Å². The first-order chi connectivity index (χ1) is 13.7. The molecule has 0 N–H and O–H groups in total.